The second-order valence-corrected chi connectivity index (χ2v) is 7.38. The lowest BCUT2D eigenvalue weighted by molar-refractivity contribution is -0.355. The van der Waals surface area contributed by atoms with Crippen molar-refractivity contribution in [2.75, 3.05) is 12.4 Å². The summed E-state index contributed by atoms with van der Waals surface area (Å²) in [4.78, 5) is 11.9. The molecule has 0 spiro atoms. The molecule has 0 bridgehead atoms. The molecule has 0 N–H and O–H groups in total. The Hall–Kier alpha value is -0.670. The number of unbranched alkanes of at least 4 members (excludes halogenated alkanes) is 1. The van der Waals surface area contributed by atoms with Gasteiger partial charge in [0, 0.05) is 6.42 Å². The number of thioether (sulfide) groups is 1. The Morgan fingerprint density at radius 2 is 1.52 bits per heavy atom. The first-order valence-electron chi connectivity index (χ1n) is 7.88. The number of esters is 1. The summed E-state index contributed by atoms with van der Waals surface area (Å²) in [6, 6.07) is 0. The molecule has 0 aliphatic heterocycles. The van der Waals surface area contributed by atoms with Crippen LogP contribution in [0.4, 0.5) is 30.7 Å². The summed E-state index contributed by atoms with van der Waals surface area (Å²) >= 11 is 1.13. The summed E-state index contributed by atoms with van der Waals surface area (Å²) in [5, 5.41) is 0. The highest BCUT2D eigenvalue weighted by molar-refractivity contribution is 8.01. The summed E-state index contributed by atoms with van der Waals surface area (Å²) in [7, 11) is 0. The van der Waals surface area contributed by atoms with Crippen LogP contribution in [0.1, 0.15) is 52.9 Å². The molecule has 0 aliphatic rings. The number of carbonyl (C=O) groups is 1. The van der Waals surface area contributed by atoms with Gasteiger partial charge in [-0.15, -0.1) is 11.8 Å². The Bertz CT molecular complexity index is 427. The topological polar surface area (TPSA) is 26.3 Å². The highest BCUT2D eigenvalue weighted by atomic mass is 32.2. The third kappa shape index (κ3) is 6.53. The molecule has 0 aromatic rings. The van der Waals surface area contributed by atoms with Crippen molar-refractivity contribution in [1.29, 1.82) is 0 Å². The maximum atomic E-state index is 13.2. The lowest BCUT2D eigenvalue weighted by Crippen LogP contribution is -2.51. The molecular formula is C15H23F7O2S. The van der Waals surface area contributed by atoms with Crippen molar-refractivity contribution < 1.29 is 40.3 Å². The number of alkyl halides is 7. The van der Waals surface area contributed by atoms with Gasteiger partial charge in [-0.25, -0.2) is 0 Å². The van der Waals surface area contributed by atoms with Crippen molar-refractivity contribution in [3.05, 3.63) is 0 Å². The predicted molar refractivity (Wildman–Crippen MR) is 82.2 cm³/mol. The molecule has 25 heavy (non-hydrogen) atoms. The summed E-state index contributed by atoms with van der Waals surface area (Å²) in [6.07, 6.45) is -7.28. The van der Waals surface area contributed by atoms with E-state index < -0.39 is 41.6 Å². The Kier molecular flexibility index (Phi) is 9.07. The van der Waals surface area contributed by atoms with E-state index in [0.717, 1.165) is 11.8 Å². The maximum Gasteiger partial charge on any atom is 0.459 e. The van der Waals surface area contributed by atoms with Crippen molar-refractivity contribution in [2.45, 2.75) is 75.6 Å². The molecule has 0 rings (SSSR count). The molecule has 0 saturated heterocycles. The average molecular weight is 400 g/mol. The van der Waals surface area contributed by atoms with Crippen LogP contribution in [0.15, 0.2) is 0 Å². The van der Waals surface area contributed by atoms with Crippen LogP contribution in [0.5, 0.6) is 0 Å². The predicted octanol–water partition coefficient (Wildman–Crippen LogP) is 5.84. The third-order valence-corrected chi connectivity index (χ3v) is 5.06. The van der Waals surface area contributed by atoms with Crippen molar-refractivity contribution in [2.24, 2.45) is 0 Å². The average Bonchev–Trinajstić information content (AvgIpc) is 2.45. The van der Waals surface area contributed by atoms with Crippen LogP contribution in [0, 0.1) is 0 Å². The van der Waals surface area contributed by atoms with Crippen molar-refractivity contribution >= 4 is 17.7 Å². The molecule has 0 saturated carbocycles. The lowest BCUT2D eigenvalue weighted by atomic mass is 10.0. The molecule has 0 aromatic carbocycles. The van der Waals surface area contributed by atoms with E-state index in [1.807, 2.05) is 6.92 Å². The Morgan fingerprint density at radius 1 is 0.960 bits per heavy atom. The molecule has 0 amide bonds. The molecule has 10 heteroatoms. The Labute approximate surface area is 146 Å². The first-order valence-corrected chi connectivity index (χ1v) is 8.87. The maximum absolute atomic E-state index is 13.2. The molecule has 0 fully saturated rings. The number of rotatable bonds is 11. The minimum Gasteiger partial charge on any atom is -0.465 e. The minimum absolute atomic E-state index is 0.0209. The van der Waals surface area contributed by atoms with Gasteiger partial charge in [0.2, 0.25) is 0 Å². The van der Waals surface area contributed by atoms with Crippen LogP contribution < -0.4 is 0 Å². The van der Waals surface area contributed by atoms with E-state index in [4.69, 9.17) is 4.74 Å². The van der Waals surface area contributed by atoms with E-state index in [1.165, 1.54) is 0 Å². The fourth-order valence-electron chi connectivity index (χ4n) is 2.10. The van der Waals surface area contributed by atoms with E-state index in [2.05, 4.69) is 0 Å². The Balaban J connectivity index is 4.55. The van der Waals surface area contributed by atoms with Gasteiger partial charge in [-0.3, -0.25) is 4.79 Å². The fraction of sp³-hybridized carbons (Fsp3) is 0.933. The van der Waals surface area contributed by atoms with Gasteiger partial charge >= 0.3 is 24.0 Å². The van der Waals surface area contributed by atoms with Gasteiger partial charge < -0.3 is 4.74 Å². The van der Waals surface area contributed by atoms with E-state index in [1.54, 1.807) is 13.8 Å². The second kappa shape index (κ2) is 9.32. The van der Waals surface area contributed by atoms with Gasteiger partial charge in [0.25, 0.3) is 0 Å². The van der Waals surface area contributed by atoms with Gasteiger partial charge in [0.15, 0.2) is 0 Å². The summed E-state index contributed by atoms with van der Waals surface area (Å²) < 4.78 is 91.9. The SMILES string of the molecule is CCCC(C)(SCCCCC(F)(F)C(F)(F)C(F)(F)F)C(=O)OCC. The standard InChI is InChI=1S/C15H23F7O2S/c1-4-8-12(3,11(23)24-5-2)25-10-7-6-9-13(16,17)14(18,19)15(20,21)22/h4-10H2,1-3H3. The quantitative estimate of drug-likeness (QED) is 0.247. The summed E-state index contributed by atoms with van der Waals surface area (Å²) in [5.74, 6) is -11.5. The smallest absolute Gasteiger partial charge is 0.459 e. The van der Waals surface area contributed by atoms with Crippen molar-refractivity contribution in [1.82, 2.24) is 0 Å². The number of hydrogen-bond acceptors (Lipinski definition) is 3. The molecular weight excluding hydrogens is 377 g/mol. The summed E-state index contributed by atoms with van der Waals surface area (Å²) in [5.41, 5.74) is 0. The van der Waals surface area contributed by atoms with Gasteiger partial charge in [-0.05, 0) is 38.9 Å². The minimum atomic E-state index is -6.30. The molecule has 0 aliphatic carbocycles. The van der Waals surface area contributed by atoms with E-state index in [9.17, 15) is 35.5 Å². The highest BCUT2D eigenvalue weighted by Gasteiger charge is 2.72. The van der Waals surface area contributed by atoms with Gasteiger partial charge in [0.05, 0.1) is 6.61 Å². The van der Waals surface area contributed by atoms with Crippen molar-refractivity contribution in [3.63, 3.8) is 0 Å². The molecule has 2 nitrogen and oxygen atoms in total. The van der Waals surface area contributed by atoms with Crippen LogP contribution in [-0.2, 0) is 9.53 Å². The van der Waals surface area contributed by atoms with E-state index in [0.29, 0.717) is 12.8 Å². The van der Waals surface area contributed by atoms with Crippen LogP contribution in [0.3, 0.4) is 0 Å². The Morgan fingerprint density at radius 3 is 1.96 bits per heavy atom. The first-order chi connectivity index (χ1) is 11.2. The zero-order chi connectivity index (χ0) is 19.9. The van der Waals surface area contributed by atoms with Crippen LogP contribution in [-0.4, -0.2) is 41.1 Å². The first kappa shape index (κ1) is 24.3. The largest absolute Gasteiger partial charge is 0.465 e. The van der Waals surface area contributed by atoms with Crippen LogP contribution in [0.25, 0.3) is 0 Å². The zero-order valence-electron chi connectivity index (χ0n) is 14.3. The zero-order valence-corrected chi connectivity index (χ0v) is 15.1. The van der Waals surface area contributed by atoms with Gasteiger partial charge in [-0.1, -0.05) is 13.3 Å². The monoisotopic (exact) mass is 400 g/mol. The molecule has 1 atom stereocenters. The third-order valence-electron chi connectivity index (χ3n) is 3.56. The fourth-order valence-corrected chi connectivity index (χ4v) is 3.43. The van der Waals surface area contributed by atoms with Crippen LogP contribution >= 0.6 is 11.8 Å². The van der Waals surface area contributed by atoms with E-state index >= 15 is 0 Å². The van der Waals surface area contributed by atoms with Crippen molar-refractivity contribution in [3.8, 4) is 0 Å². The number of halogens is 7. The second-order valence-electron chi connectivity index (χ2n) is 5.78. The molecule has 0 heterocycles. The molecule has 1 unspecified atom stereocenters. The van der Waals surface area contributed by atoms with Gasteiger partial charge in [0.1, 0.15) is 4.75 Å². The number of carbonyl (C=O) groups excluding carboxylic acids is 1. The molecule has 0 aromatic heterocycles. The summed E-state index contributed by atoms with van der Waals surface area (Å²) in [6.45, 7) is 5.29. The molecule has 150 valence electrons. The normalized spacial score (nSPS) is 15.8. The lowest BCUT2D eigenvalue weighted by Gasteiger charge is -2.28. The number of ether oxygens (including phenoxy) is 1. The van der Waals surface area contributed by atoms with Gasteiger partial charge in [-0.2, -0.15) is 30.7 Å². The molecule has 0 radical (unpaired) electrons. The highest BCUT2D eigenvalue weighted by Crippen LogP contribution is 2.48. The van der Waals surface area contributed by atoms with Crippen LogP contribution in [0.2, 0.25) is 0 Å². The number of hydrogen-bond donors (Lipinski definition) is 0. The van der Waals surface area contributed by atoms with E-state index in [-0.39, 0.29) is 18.8 Å².